The Balaban J connectivity index is 2.12. The van der Waals surface area contributed by atoms with Crippen molar-refractivity contribution in [2.75, 3.05) is 20.3 Å². The fraction of sp³-hybridized carbons (Fsp3) is 0.400. The molecule has 2 rings (SSSR count). The van der Waals surface area contributed by atoms with Crippen molar-refractivity contribution in [3.8, 4) is 0 Å². The molecule has 0 fully saturated rings. The Morgan fingerprint density at radius 2 is 2.05 bits per heavy atom. The molecule has 0 aliphatic rings. The van der Waals surface area contributed by atoms with Crippen LogP contribution in [0.25, 0.3) is 10.9 Å². The summed E-state index contributed by atoms with van der Waals surface area (Å²) in [5.74, 6) is 0. The highest BCUT2D eigenvalue weighted by molar-refractivity contribution is 5.78. The number of rotatable bonds is 6. The number of methoxy groups -OCH3 is 1. The van der Waals surface area contributed by atoms with E-state index in [4.69, 9.17) is 4.74 Å². The summed E-state index contributed by atoms with van der Waals surface area (Å²) >= 11 is 0. The van der Waals surface area contributed by atoms with E-state index in [1.807, 2.05) is 34.9 Å². The highest BCUT2D eigenvalue weighted by atomic mass is 16.5. The van der Waals surface area contributed by atoms with Crippen molar-refractivity contribution >= 4 is 10.9 Å². The normalized spacial score (nSPS) is 12.7. The molecule has 0 amide bonds. The Morgan fingerprint density at radius 1 is 1.26 bits per heavy atom. The van der Waals surface area contributed by atoms with Crippen LogP contribution in [0.5, 0.6) is 0 Å². The predicted molar refractivity (Wildman–Crippen MR) is 77.5 cm³/mol. The molecular weight excluding hydrogens is 240 g/mol. The van der Waals surface area contributed by atoms with Crippen LogP contribution >= 0.6 is 0 Å². The lowest BCUT2D eigenvalue weighted by molar-refractivity contribution is 0.172. The molecule has 0 aliphatic carbocycles. The topological polar surface area (TPSA) is 43.3 Å². The SMILES string of the molecule is COCC(C)NCCn1c(=O)ccc2ccccc21. The molecule has 1 heterocycles. The molecule has 1 unspecified atom stereocenters. The number of nitrogens with zero attached hydrogens (tertiary/aromatic N) is 1. The number of fused-ring (bicyclic) bond motifs is 1. The molecule has 19 heavy (non-hydrogen) atoms. The van der Waals surface area contributed by atoms with Gasteiger partial charge >= 0.3 is 0 Å². The minimum absolute atomic E-state index is 0.0416. The van der Waals surface area contributed by atoms with E-state index < -0.39 is 0 Å². The van der Waals surface area contributed by atoms with Crippen molar-refractivity contribution in [3.63, 3.8) is 0 Å². The number of aromatic nitrogens is 1. The summed E-state index contributed by atoms with van der Waals surface area (Å²) in [6.45, 7) is 4.15. The van der Waals surface area contributed by atoms with Gasteiger partial charge in [0, 0.05) is 32.3 Å². The number of pyridine rings is 1. The van der Waals surface area contributed by atoms with Gasteiger partial charge in [-0.25, -0.2) is 0 Å². The van der Waals surface area contributed by atoms with Gasteiger partial charge in [-0.3, -0.25) is 4.79 Å². The second-order valence-corrected chi connectivity index (χ2v) is 4.69. The van der Waals surface area contributed by atoms with Crippen LogP contribution in [0.2, 0.25) is 0 Å². The van der Waals surface area contributed by atoms with Crippen LogP contribution in [0.4, 0.5) is 0 Å². The average Bonchev–Trinajstić information content (AvgIpc) is 2.41. The highest BCUT2D eigenvalue weighted by Crippen LogP contribution is 2.10. The van der Waals surface area contributed by atoms with Gasteiger partial charge in [0.15, 0.2) is 0 Å². The first-order valence-electron chi connectivity index (χ1n) is 6.53. The zero-order valence-corrected chi connectivity index (χ0v) is 11.4. The average molecular weight is 260 g/mol. The molecule has 0 saturated carbocycles. The van der Waals surface area contributed by atoms with Gasteiger partial charge in [0.05, 0.1) is 12.1 Å². The van der Waals surface area contributed by atoms with Gasteiger partial charge in [0.25, 0.3) is 5.56 Å². The highest BCUT2D eigenvalue weighted by Gasteiger charge is 2.03. The summed E-state index contributed by atoms with van der Waals surface area (Å²) in [5, 5.41) is 4.43. The summed E-state index contributed by atoms with van der Waals surface area (Å²) in [4.78, 5) is 11.9. The Kier molecular flexibility index (Phi) is 4.71. The van der Waals surface area contributed by atoms with Crippen molar-refractivity contribution in [3.05, 3.63) is 46.8 Å². The molecule has 1 atom stereocenters. The predicted octanol–water partition coefficient (Wildman–Crippen LogP) is 1.63. The largest absolute Gasteiger partial charge is 0.383 e. The van der Waals surface area contributed by atoms with E-state index in [2.05, 4.69) is 12.2 Å². The third-order valence-corrected chi connectivity index (χ3v) is 3.14. The number of hydrogen-bond donors (Lipinski definition) is 1. The minimum atomic E-state index is 0.0416. The molecule has 2 aromatic rings. The third-order valence-electron chi connectivity index (χ3n) is 3.14. The summed E-state index contributed by atoms with van der Waals surface area (Å²) in [5.41, 5.74) is 1.02. The summed E-state index contributed by atoms with van der Waals surface area (Å²) in [7, 11) is 1.69. The quantitative estimate of drug-likeness (QED) is 0.858. The molecule has 0 bridgehead atoms. The van der Waals surface area contributed by atoms with Crippen LogP contribution in [0, 0.1) is 0 Å². The van der Waals surface area contributed by atoms with Crippen molar-refractivity contribution < 1.29 is 4.74 Å². The summed E-state index contributed by atoms with van der Waals surface area (Å²) < 4.78 is 6.88. The molecule has 0 spiro atoms. The number of benzene rings is 1. The van der Waals surface area contributed by atoms with E-state index in [9.17, 15) is 4.79 Å². The van der Waals surface area contributed by atoms with E-state index in [1.165, 1.54) is 0 Å². The molecule has 1 N–H and O–H groups in total. The molecule has 0 saturated heterocycles. The molecule has 0 aliphatic heterocycles. The van der Waals surface area contributed by atoms with Crippen molar-refractivity contribution in [1.82, 2.24) is 9.88 Å². The van der Waals surface area contributed by atoms with Crippen LogP contribution in [-0.4, -0.2) is 30.9 Å². The van der Waals surface area contributed by atoms with Gasteiger partial charge in [-0.05, 0) is 24.4 Å². The van der Waals surface area contributed by atoms with Gasteiger partial charge in [0.2, 0.25) is 0 Å². The smallest absolute Gasteiger partial charge is 0.251 e. The number of hydrogen-bond acceptors (Lipinski definition) is 3. The van der Waals surface area contributed by atoms with Gasteiger partial charge in [-0.15, -0.1) is 0 Å². The van der Waals surface area contributed by atoms with Crippen LogP contribution in [-0.2, 0) is 11.3 Å². The van der Waals surface area contributed by atoms with E-state index in [0.29, 0.717) is 13.2 Å². The second kappa shape index (κ2) is 6.50. The molecule has 102 valence electrons. The molecule has 1 aromatic carbocycles. The van der Waals surface area contributed by atoms with Crippen LogP contribution in [0.1, 0.15) is 6.92 Å². The van der Waals surface area contributed by atoms with E-state index >= 15 is 0 Å². The van der Waals surface area contributed by atoms with Gasteiger partial charge < -0.3 is 14.6 Å². The lowest BCUT2D eigenvalue weighted by atomic mass is 10.2. The Morgan fingerprint density at radius 3 is 2.84 bits per heavy atom. The lowest BCUT2D eigenvalue weighted by Gasteiger charge is -2.14. The Hall–Kier alpha value is -1.65. The summed E-state index contributed by atoms with van der Waals surface area (Å²) in [6.07, 6.45) is 0. The minimum Gasteiger partial charge on any atom is -0.383 e. The maximum absolute atomic E-state index is 11.9. The first-order chi connectivity index (χ1) is 9.22. The molecule has 0 radical (unpaired) electrons. The number of nitrogens with one attached hydrogen (secondary N) is 1. The van der Waals surface area contributed by atoms with Gasteiger partial charge in [0.1, 0.15) is 0 Å². The van der Waals surface area contributed by atoms with Crippen molar-refractivity contribution in [2.45, 2.75) is 19.5 Å². The van der Waals surface area contributed by atoms with E-state index in [0.717, 1.165) is 17.4 Å². The first kappa shape index (κ1) is 13.8. The molecule has 4 heteroatoms. The maximum atomic E-state index is 11.9. The Labute approximate surface area is 113 Å². The third kappa shape index (κ3) is 3.43. The maximum Gasteiger partial charge on any atom is 0.251 e. The zero-order valence-electron chi connectivity index (χ0n) is 11.4. The Bertz CT molecular complexity index is 592. The summed E-state index contributed by atoms with van der Waals surface area (Å²) in [6, 6.07) is 11.7. The fourth-order valence-electron chi connectivity index (χ4n) is 2.21. The molecule has 1 aromatic heterocycles. The first-order valence-corrected chi connectivity index (χ1v) is 6.53. The second-order valence-electron chi connectivity index (χ2n) is 4.69. The van der Waals surface area contributed by atoms with Gasteiger partial charge in [-0.1, -0.05) is 18.2 Å². The van der Waals surface area contributed by atoms with Crippen LogP contribution < -0.4 is 10.9 Å². The van der Waals surface area contributed by atoms with Crippen molar-refractivity contribution in [2.24, 2.45) is 0 Å². The van der Waals surface area contributed by atoms with E-state index in [1.54, 1.807) is 13.2 Å². The number of ether oxygens (including phenoxy) is 1. The molecular formula is C15H20N2O2. The van der Waals surface area contributed by atoms with Crippen molar-refractivity contribution in [1.29, 1.82) is 0 Å². The lowest BCUT2D eigenvalue weighted by Crippen LogP contribution is -2.34. The zero-order chi connectivity index (χ0) is 13.7. The molecule has 4 nitrogen and oxygen atoms in total. The van der Waals surface area contributed by atoms with Crippen LogP contribution in [0.3, 0.4) is 0 Å². The standard InChI is InChI=1S/C15H20N2O2/c1-12(11-19-2)16-9-10-17-14-6-4-3-5-13(14)7-8-15(17)18/h3-8,12,16H,9-11H2,1-2H3. The number of para-hydroxylation sites is 1. The fourth-order valence-corrected chi connectivity index (χ4v) is 2.21. The van der Waals surface area contributed by atoms with Gasteiger partial charge in [-0.2, -0.15) is 0 Å². The monoisotopic (exact) mass is 260 g/mol. The van der Waals surface area contributed by atoms with E-state index in [-0.39, 0.29) is 11.6 Å². The van der Waals surface area contributed by atoms with Crippen LogP contribution in [0.15, 0.2) is 41.2 Å².